The monoisotopic (exact) mass is 360 g/mol. The molecule has 0 saturated carbocycles. The van der Waals surface area contributed by atoms with E-state index in [0.717, 1.165) is 12.1 Å². The van der Waals surface area contributed by atoms with E-state index in [9.17, 15) is 4.79 Å². The van der Waals surface area contributed by atoms with E-state index in [2.05, 4.69) is 15.5 Å². The van der Waals surface area contributed by atoms with E-state index in [1.165, 1.54) is 0 Å². The molecule has 6 nitrogen and oxygen atoms in total. The Morgan fingerprint density at radius 3 is 2.68 bits per heavy atom. The first kappa shape index (κ1) is 18.9. The van der Waals surface area contributed by atoms with Crippen LogP contribution in [0.15, 0.2) is 40.9 Å². The van der Waals surface area contributed by atoms with Crippen LogP contribution in [0.2, 0.25) is 0 Å². The molecule has 1 N–H and O–H groups in total. The van der Waals surface area contributed by atoms with Crippen molar-refractivity contribution < 1.29 is 9.32 Å². The largest absolute Gasteiger partial charge is 0.340 e. The van der Waals surface area contributed by atoms with Gasteiger partial charge in [-0.2, -0.15) is 0 Å². The zero-order valence-corrected chi connectivity index (χ0v) is 15.3. The number of amides is 1. The predicted molar refractivity (Wildman–Crippen MR) is 100 cm³/mol. The first-order valence-corrected chi connectivity index (χ1v) is 7.84. The van der Waals surface area contributed by atoms with Crippen LogP contribution < -0.4 is 5.32 Å². The Labute approximate surface area is 152 Å². The number of carbonyl (C=O) groups excluding carboxylic acids is 1. The van der Waals surface area contributed by atoms with E-state index in [1.807, 2.05) is 50.4 Å². The van der Waals surface area contributed by atoms with Crippen LogP contribution in [0.25, 0.3) is 22.4 Å². The molecule has 2 aromatic heterocycles. The van der Waals surface area contributed by atoms with E-state index in [0.29, 0.717) is 34.6 Å². The highest BCUT2D eigenvalue weighted by Gasteiger charge is 2.21. The highest BCUT2D eigenvalue weighted by molar-refractivity contribution is 6.06. The highest BCUT2D eigenvalue weighted by atomic mass is 35.5. The summed E-state index contributed by atoms with van der Waals surface area (Å²) >= 11 is 0. The van der Waals surface area contributed by atoms with Gasteiger partial charge in [0, 0.05) is 25.7 Å². The Morgan fingerprint density at radius 1 is 1.28 bits per heavy atom. The fourth-order valence-electron chi connectivity index (χ4n) is 2.61. The molecule has 2 heterocycles. The molecule has 3 aromatic rings. The van der Waals surface area contributed by atoms with Gasteiger partial charge in [0.2, 0.25) is 0 Å². The van der Waals surface area contributed by atoms with Crippen LogP contribution in [0, 0.1) is 6.92 Å². The SMILES string of the molecule is CNCCN(C)C(=O)c1cc(-c2ccccc2)nc2onc(C)c12.Cl. The van der Waals surface area contributed by atoms with Crippen molar-refractivity contribution in [2.45, 2.75) is 6.92 Å². The number of likely N-dealkylation sites (N-methyl/N-ethyl adjacent to an activating group) is 2. The number of nitrogens with one attached hydrogen (secondary N) is 1. The second-order valence-electron chi connectivity index (χ2n) is 5.70. The molecular formula is C18H21ClN4O2. The minimum Gasteiger partial charge on any atom is -0.340 e. The molecule has 0 radical (unpaired) electrons. The molecule has 0 atom stereocenters. The van der Waals surface area contributed by atoms with Crippen LogP contribution in [0.1, 0.15) is 16.1 Å². The van der Waals surface area contributed by atoms with Gasteiger partial charge in [-0.3, -0.25) is 4.79 Å². The number of rotatable bonds is 5. The number of aromatic nitrogens is 2. The Bertz CT molecular complexity index is 864. The first-order chi connectivity index (χ1) is 11.6. The molecule has 0 saturated heterocycles. The third-order valence-electron chi connectivity index (χ3n) is 3.96. The van der Waals surface area contributed by atoms with Crippen molar-refractivity contribution >= 4 is 29.4 Å². The number of fused-ring (bicyclic) bond motifs is 1. The van der Waals surface area contributed by atoms with E-state index in [4.69, 9.17) is 4.52 Å². The number of halogens is 1. The van der Waals surface area contributed by atoms with Gasteiger partial charge >= 0.3 is 0 Å². The minimum atomic E-state index is -0.0684. The zero-order chi connectivity index (χ0) is 17.1. The summed E-state index contributed by atoms with van der Waals surface area (Å²) in [6, 6.07) is 11.5. The summed E-state index contributed by atoms with van der Waals surface area (Å²) in [7, 11) is 3.65. The smallest absolute Gasteiger partial charge is 0.259 e. The number of hydrogen-bond donors (Lipinski definition) is 1. The van der Waals surface area contributed by atoms with E-state index in [-0.39, 0.29) is 18.3 Å². The highest BCUT2D eigenvalue weighted by Crippen LogP contribution is 2.27. The van der Waals surface area contributed by atoms with Gasteiger partial charge in [0.25, 0.3) is 11.6 Å². The molecule has 0 spiro atoms. The molecule has 3 rings (SSSR count). The Kier molecular flexibility index (Phi) is 6.12. The maximum Gasteiger partial charge on any atom is 0.259 e. The predicted octanol–water partition coefficient (Wildman–Crippen LogP) is 2.91. The molecule has 1 amide bonds. The quantitative estimate of drug-likeness (QED) is 0.757. The van der Waals surface area contributed by atoms with E-state index in [1.54, 1.807) is 11.9 Å². The van der Waals surface area contributed by atoms with Crippen LogP contribution in [-0.2, 0) is 0 Å². The molecule has 0 unspecified atom stereocenters. The molecule has 0 aliphatic heterocycles. The summed E-state index contributed by atoms with van der Waals surface area (Å²) in [4.78, 5) is 19.1. The summed E-state index contributed by atoms with van der Waals surface area (Å²) in [5.74, 6) is -0.0684. The molecule has 1 aromatic carbocycles. The topological polar surface area (TPSA) is 71.3 Å². The Balaban J connectivity index is 0.00000225. The van der Waals surface area contributed by atoms with Crippen molar-refractivity contribution in [3.63, 3.8) is 0 Å². The second-order valence-corrected chi connectivity index (χ2v) is 5.70. The van der Waals surface area contributed by atoms with Gasteiger partial charge < -0.3 is 14.7 Å². The fraction of sp³-hybridized carbons (Fsp3) is 0.278. The van der Waals surface area contributed by atoms with Crippen LogP contribution in [0.4, 0.5) is 0 Å². The van der Waals surface area contributed by atoms with Crippen molar-refractivity contribution in [3.05, 3.63) is 47.7 Å². The van der Waals surface area contributed by atoms with Crippen molar-refractivity contribution in [1.29, 1.82) is 0 Å². The van der Waals surface area contributed by atoms with Gasteiger partial charge in [0.05, 0.1) is 22.3 Å². The molecule has 25 heavy (non-hydrogen) atoms. The standard InChI is InChI=1S/C18H20N4O2.ClH/c1-12-16-14(18(23)22(3)10-9-19-2)11-15(20-17(16)24-21-12)13-7-5-4-6-8-13;/h4-8,11,19H,9-10H2,1-3H3;1H. The van der Waals surface area contributed by atoms with Gasteiger partial charge in [-0.15, -0.1) is 12.4 Å². The molecule has 132 valence electrons. The Hall–Kier alpha value is -2.44. The van der Waals surface area contributed by atoms with Crippen LogP contribution in [-0.4, -0.2) is 48.1 Å². The lowest BCUT2D eigenvalue weighted by atomic mass is 10.0. The van der Waals surface area contributed by atoms with Crippen molar-refractivity contribution in [3.8, 4) is 11.3 Å². The van der Waals surface area contributed by atoms with Gasteiger partial charge in [0.15, 0.2) is 0 Å². The molecular weight excluding hydrogens is 340 g/mol. The van der Waals surface area contributed by atoms with Crippen molar-refractivity contribution in [2.75, 3.05) is 27.2 Å². The number of nitrogens with zero attached hydrogens (tertiary/aromatic N) is 3. The van der Waals surface area contributed by atoms with Crippen LogP contribution in [0.5, 0.6) is 0 Å². The molecule has 7 heteroatoms. The summed E-state index contributed by atoms with van der Waals surface area (Å²) in [5, 5.41) is 7.70. The average molecular weight is 361 g/mol. The summed E-state index contributed by atoms with van der Waals surface area (Å²) < 4.78 is 5.32. The average Bonchev–Trinajstić information content (AvgIpc) is 3.00. The maximum atomic E-state index is 12.9. The van der Waals surface area contributed by atoms with Crippen LogP contribution >= 0.6 is 12.4 Å². The lowest BCUT2D eigenvalue weighted by molar-refractivity contribution is 0.0798. The number of benzene rings is 1. The van der Waals surface area contributed by atoms with E-state index < -0.39 is 0 Å². The maximum absolute atomic E-state index is 12.9. The van der Waals surface area contributed by atoms with Crippen molar-refractivity contribution in [1.82, 2.24) is 20.4 Å². The van der Waals surface area contributed by atoms with Gasteiger partial charge in [-0.05, 0) is 20.0 Å². The first-order valence-electron chi connectivity index (χ1n) is 7.84. The third-order valence-corrected chi connectivity index (χ3v) is 3.96. The summed E-state index contributed by atoms with van der Waals surface area (Å²) in [6.45, 7) is 3.16. The van der Waals surface area contributed by atoms with E-state index >= 15 is 0 Å². The number of aryl methyl sites for hydroxylation is 1. The zero-order valence-electron chi connectivity index (χ0n) is 14.4. The third kappa shape index (κ3) is 3.81. The lowest BCUT2D eigenvalue weighted by Crippen LogP contribution is -2.33. The summed E-state index contributed by atoms with van der Waals surface area (Å²) in [5.41, 5.74) is 3.25. The molecule has 0 aliphatic carbocycles. The molecule has 0 fully saturated rings. The molecule has 0 aliphatic rings. The minimum absolute atomic E-state index is 0. The van der Waals surface area contributed by atoms with Gasteiger partial charge in [0.1, 0.15) is 0 Å². The van der Waals surface area contributed by atoms with Gasteiger partial charge in [-0.1, -0.05) is 35.5 Å². The van der Waals surface area contributed by atoms with Crippen molar-refractivity contribution in [2.24, 2.45) is 0 Å². The molecule has 0 bridgehead atoms. The van der Waals surface area contributed by atoms with Crippen LogP contribution in [0.3, 0.4) is 0 Å². The number of pyridine rings is 1. The normalized spacial score (nSPS) is 10.5. The fourth-order valence-corrected chi connectivity index (χ4v) is 2.61. The lowest BCUT2D eigenvalue weighted by Gasteiger charge is -2.17. The summed E-state index contributed by atoms with van der Waals surface area (Å²) in [6.07, 6.45) is 0. The van der Waals surface area contributed by atoms with Gasteiger partial charge in [-0.25, -0.2) is 4.98 Å². The second kappa shape index (κ2) is 8.09. The number of carbonyl (C=O) groups is 1. The number of hydrogen-bond acceptors (Lipinski definition) is 5. The Morgan fingerprint density at radius 2 is 2.00 bits per heavy atom.